The van der Waals surface area contributed by atoms with Crippen molar-refractivity contribution in [3.8, 4) is 22.9 Å². The number of nitrogens with zero attached hydrogens (tertiary/aromatic N) is 4. The Morgan fingerprint density at radius 1 is 0.633 bits per heavy atom. The Bertz CT molecular complexity index is 1060. The van der Waals surface area contributed by atoms with Gasteiger partial charge >= 0.3 is 0 Å². The molecule has 0 radical (unpaired) electrons. The first kappa shape index (κ1) is 23.1. The van der Waals surface area contributed by atoms with Crippen molar-refractivity contribution in [1.82, 2.24) is 20.3 Å². The van der Waals surface area contributed by atoms with E-state index in [0.717, 1.165) is 0 Å². The summed E-state index contributed by atoms with van der Waals surface area (Å²) in [5.41, 5.74) is 1.21. The molecule has 0 saturated carbocycles. The van der Waals surface area contributed by atoms with Gasteiger partial charge in [0.25, 0.3) is 11.8 Å². The van der Waals surface area contributed by atoms with Crippen LogP contribution in [0.25, 0.3) is 22.9 Å². The summed E-state index contributed by atoms with van der Waals surface area (Å²) >= 11 is 34.7. The number of hydrogen-bond acceptors (Lipinski definition) is 6. The van der Waals surface area contributed by atoms with Crippen LogP contribution in [0.1, 0.15) is 11.6 Å². The highest BCUT2D eigenvalue weighted by Crippen LogP contribution is 2.30. The third kappa shape index (κ3) is 5.78. The molecule has 0 amide bonds. The van der Waals surface area contributed by atoms with E-state index in [-0.39, 0.29) is 11.8 Å². The third-order valence-electron chi connectivity index (χ3n) is 3.49. The Labute approximate surface area is 201 Å². The van der Waals surface area contributed by atoms with Crippen LogP contribution < -0.4 is 0 Å². The molecule has 2 aromatic heterocycles. The fraction of sp³-hybridized carbons (Fsp3) is 0.111. The monoisotopic (exact) mass is 524 g/mol. The lowest BCUT2D eigenvalue weighted by molar-refractivity contribution is 0.425. The van der Waals surface area contributed by atoms with Crippen molar-refractivity contribution in [2.24, 2.45) is 0 Å². The number of rotatable bonds is 4. The van der Waals surface area contributed by atoms with E-state index >= 15 is 0 Å². The zero-order chi connectivity index (χ0) is 21.7. The van der Waals surface area contributed by atoms with E-state index in [1.165, 1.54) is 0 Å². The minimum atomic E-state index is 0.196. The quantitative estimate of drug-likeness (QED) is 0.255. The van der Waals surface area contributed by atoms with Crippen LogP contribution in [0.5, 0.6) is 0 Å². The van der Waals surface area contributed by atoms with Gasteiger partial charge in [0.15, 0.2) is 11.6 Å². The topological polar surface area (TPSA) is 77.8 Å². The minimum absolute atomic E-state index is 0.196. The van der Waals surface area contributed by atoms with Crippen LogP contribution in [0, 0.1) is 0 Å². The van der Waals surface area contributed by atoms with Gasteiger partial charge in [-0.15, -0.1) is 23.2 Å². The molecule has 0 saturated heterocycles. The van der Waals surface area contributed by atoms with Gasteiger partial charge < -0.3 is 9.05 Å². The summed E-state index contributed by atoms with van der Waals surface area (Å²) in [4.78, 5) is 8.10. The van der Waals surface area contributed by atoms with Crippen LogP contribution in [0.4, 0.5) is 0 Å². The van der Waals surface area contributed by atoms with Gasteiger partial charge in [0.1, 0.15) is 0 Å². The van der Waals surface area contributed by atoms with Gasteiger partial charge in [-0.05, 0) is 36.4 Å². The Morgan fingerprint density at radius 3 is 1.37 bits per heavy atom. The van der Waals surface area contributed by atoms with E-state index in [2.05, 4.69) is 20.3 Å². The largest absolute Gasteiger partial charge is 0.334 e. The van der Waals surface area contributed by atoms with Crippen molar-refractivity contribution in [2.45, 2.75) is 11.8 Å². The Kier molecular flexibility index (Phi) is 8.22. The van der Waals surface area contributed by atoms with Crippen LogP contribution in [0.2, 0.25) is 20.1 Å². The van der Waals surface area contributed by atoms with Gasteiger partial charge in [-0.3, -0.25) is 0 Å². The van der Waals surface area contributed by atoms with E-state index in [1.807, 2.05) is 0 Å². The minimum Gasteiger partial charge on any atom is -0.334 e. The first-order valence-corrected chi connectivity index (χ1v) is 10.7. The fourth-order valence-corrected chi connectivity index (χ4v) is 3.12. The molecule has 4 rings (SSSR count). The average Bonchev–Trinajstić information content (AvgIpc) is 3.41. The molecule has 0 aliphatic rings. The molecule has 12 heteroatoms. The summed E-state index contributed by atoms with van der Waals surface area (Å²) in [5, 5.41) is 9.44. The summed E-state index contributed by atoms with van der Waals surface area (Å²) in [6, 6.07) is 10.0. The van der Waals surface area contributed by atoms with Gasteiger partial charge in [-0.2, -0.15) is 9.97 Å². The zero-order valence-corrected chi connectivity index (χ0v) is 19.3. The molecule has 4 aromatic rings. The van der Waals surface area contributed by atoms with E-state index in [0.29, 0.717) is 54.6 Å². The molecular weight excluding hydrogens is 517 g/mol. The molecule has 0 N–H and O–H groups in total. The van der Waals surface area contributed by atoms with Gasteiger partial charge in [0.05, 0.1) is 32.9 Å². The van der Waals surface area contributed by atoms with Crippen LogP contribution in [0.3, 0.4) is 0 Å². The fourth-order valence-electron chi connectivity index (χ4n) is 2.16. The van der Waals surface area contributed by atoms with Crippen LogP contribution in [-0.2, 0) is 11.8 Å². The van der Waals surface area contributed by atoms with E-state index < -0.39 is 0 Å². The lowest BCUT2D eigenvalue weighted by Gasteiger charge is -1.98. The Morgan fingerprint density at radius 2 is 1.03 bits per heavy atom. The van der Waals surface area contributed by atoms with E-state index in [9.17, 15) is 0 Å². The standard InChI is InChI=1S/2C9H5Cl3N2O/c2*10-4-8-13-9(15-14-8)6-3-5(11)1-2-7(6)12/h2*1-3H,4H2. The predicted molar refractivity (Wildman–Crippen MR) is 119 cm³/mol. The van der Waals surface area contributed by atoms with Crippen molar-refractivity contribution in [3.63, 3.8) is 0 Å². The molecule has 0 bridgehead atoms. The summed E-state index contributed by atoms with van der Waals surface area (Å²) in [5.74, 6) is 1.87. The number of aromatic nitrogens is 4. The lowest BCUT2D eigenvalue weighted by Crippen LogP contribution is -1.82. The molecule has 2 heterocycles. The first-order chi connectivity index (χ1) is 14.4. The maximum absolute atomic E-state index is 5.96. The van der Waals surface area contributed by atoms with Crippen LogP contribution >= 0.6 is 69.6 Å². The third-order valence-corrected chi connectivity index (χ3v) is 5.10. The normalized spacial score (nSPS) is 10.6. The molecular formula is C18H10Cl6N4O2. The molecule has 6 nitrogen and oxygen atoms in total. The van der Waals surface area contributed by atoms with Crippen LogP contribution in [0.15, 0.2) is 45.4 Å². The maximum atomic E-state index is 5.96. The van der Waals surface area contributed by atoms with Crippen molar-refractivity contribution in [1.29, 1.82) is 0 Å². The molecule has 0 unspecified atom stereocenters. The molecule has 156 valence electrons. The van der Waals surface area contributed by atoms with Gasteiger partial charge in [0, 0.05) is 10.0 Å². The number of benzene rings is 2. The second-order valence-electron chi connectivity index (χ2n) is 5.55. The second-order valence-corrected chi connectivity index (χ2v) is 7.77. The molecule has 0 fully saturated rings. The number of hydrogen-bond donors (Lipinski definition) is 0. The Balaban J connectivity index is 0.000000171. The first-order valence-electron chi connectivity index (χ1n) is 8.09. The van der Waals surface area contributed by atoms with Crippen LogP contribution in [-0.4, -0.2) is 20.3 Å². The van der Waals surface area contributed by atoms with Crippen molar-refractivity contribution in [3.05, 3.63) is 68.1 Å². The SMILES string of the molecule is ClCc1noc(-c2cc(Cl)ccc2Cl)n1.ClCc1noc(-c2cc(Cl)ccc2Cl)n1. The molecule has 0 aliphatic heterocycles. The summed E-state index contributed by atoms with van der Waals surface area (Å²) in [6.07, 6.45) is 0. The Hall–Kier alpha value is -1.54. The van der Waals surface area contributed by atoms with E-state index in [4.69, 9.17) is 78.7 Å². The summed E-state index contributed by atoms with van der Waals surface area (Å²) in [7, 11) is 0. The van der Waals surface area contributed by atoms with E-state index in [1.54, 1.807) is 36.4 Å². The maximum Gasteiger partial charge on any atom is 0.259 e. The molecule has 0 aliphatic carbocycles. The van der Waals surface area contributed by atoms with Crippen molar-refractivity contribution < 1.29 is 9.05 Å². The molecule has 2 aromatic carbocycles. The lowest BCUT2D eigenvalue weighted by atomic mass is 10.2. The molecule has 0 atom stereocenters. The van der Waals surface area contributed by atoms with Crippen molar-refractivity contribution >= 4 is 69.6 Å². The molecule has 30 heavy (non-hydrogen) atoms. The average molecular weight is 527 g/mol. The highest BCUT2D eigenvalue weighted by atomic mass is 35.5. The number of alkyl halides is 2. The van der Waals surface area contributed by atoms with Crippen molar-refractivity contribution in [2.75, 3.05) is 0 Å². The smallest absolute Gasteiger partial charge is 0.259 e. The highest BCUT2D eigenvalue weighted by molar-refractivity contribution is 6.35. The summed E-state index contributed by atoms with van der Waals surface area (Å²) < 4.78 is 9.98. The highest BCUT2D eigenvalue weighted by Gasteiger charge is 2.13. The molecule has 0 spiro atoms. The second kappa shape index (κ2) is 10.7. The summed E-state index contributed by atoms with van der Waals surface area (Å²) in [6.45, 7) is 0. The number of halogens is 6. The van der Waals surface area contributed by atoms with Gasteiger partial charge in [-0.25, -0.2) is 0 Å². The zero-order valence-electron chi connectivity index (χ0n) is 14.8. The predicted octanol–water partition coefficient (Wildman–Crippen LogP) is 7.56. The van der Waals surface area contributed by atoms with Gasteiger partial charge in [0.2, 0.25) is 0 Å². The van der Waals surface area contributed by atoms with Gasteiger partial charge in [-0.1, -0.05) is 56.7 Å².